The zero-order valence-corrected chi connectivity index (χ0v) is 33.5. The van der Waals surface area contributed by atoms with Gasteiger partial charge in [0.25, 0.3) is 0 Å². The molecule has 6 aliphatic rings. The highest BCUT2D eigenvalue weighted by Crippen LogP contribution is 2.76. The average molecular weight is 771 g/mol. The first-order valence-electron chi connectivity index (χ1n) is 20.4. The number of rotatable bonds is 9. The van der Waals surface area contributed by atoms with Gasteiger partial charge in [-0.15, -0.1) is 0 Å². The summed E-state index contributed by atoms with van der Waals surface area (Å²) in [5, 5.41) is 99.6. The number of aliphatic hydroxyl groups excluding tert-OH is 8. The Morgan fingerprint density at radius 1 is 0.833 bits per heavy atom. The normalized spacial score (nSPS) is 52.8. The van der Waals surface area contributed by atoms with Gasteiger partial charge in [-0.05, 0) is 117 Å². The summed E-state index contributed by atoms with van der Waals surface area (Å²) < 4.78 is 24.8. The molecule has 4 saturated carbocycles. The molecule has 2 unspecified atom stereocenters. The van der Waals surface area contributed by atoms with Crippen molar-refractivity contribution in [3.05, 3.63) is 11.6 Å². The van der Waals surface area contributed by atoms with Gasteiger partial charge in [0.05, 0.1) is 37.1 Å². The van der Waals surface area contributed by atoms with E-state index in [0.29, 0.717) is 32.1 Å². The molecule has 0 amide bonds. The summed E-state index contributed by atoms with van der Waals surface area (Å²) in [7, 11) is 0. The molecule has 0 aromatic heterocycles. The molecule has 13 heteroatoms. The Morgan fingerprint density at radius 2 is 1.52 bits per heavy atom. The van der Waals surface area contributed by atoms with Crippen LogP contribution in [0.2, 0.25) is 0 Å². The molecule has 2 aliphatic heterocycles. The first-order chi connectivity index (χ1) is 25.0. The summed E-state index contributed by atoms with van der Waals surface area (Å²) in [4.78, 5) is 0. The highest BCUT2D eigenvalue weighted by atomic mass is 16.8. The van der Waals surface area contributed by atoms with Crippen molar-refractivity contribution >= 4 is 0 Å². The first-order valence-corrected chi connectivity index (χ1v) is 20.4. The molecule has 6 rings (SSSR count). The fraction of sp³-hybridized carbons (Fsp3) is 0.951. The van der Waals surface area contributed by atoms with E-state index >= 15 is 0 Å². The maximum absolute atomic E-state index is 12.2. The summed E-state index contributed by atoms with van der Waals surface area (Å²) in [6.45, 7) is 16.0. The van der Waals surface area contributed by atoms with Crippen LogP contribution in [0.5, 0.6) is 0 Å². The van der Waals surface area contributed by atoms with Crippen LogP contribution in [0.25, 0.3) is 0 Å². The van der Waals surface area contributed by atoms with Crippen LogP contribution >= 0.6 is 0 Å². The van der Waals surface area contributed by atoms with E-state index in [-0.39, 0.29) is 30.3 Å². The van der Waals surface area contributed by atoms with Crippen LogP contribution in [0.4, 0.5) is 0 Å². The molecule has 54 heavy (non-hydrogen) atoms. The van der Waals surface area contributed by atoms with Gasteiger partial charge in [-0.2, -0.15) is 0 Å². The van der Waals surface area contributed by atoms with E-state index in [1.807, 2.05) is 20.8 Å². The lowest BCUT2D eigenvalue weighted by atomic mass is 9.34. The molecule has 2 heterocycles. The Morgan fingerprint density at radius 3 is 2.17 bits per heavy atom. The minimum Gasteiger partial charge on any atom is -0.394 e. The summed E-state index contributed by atoms with van der Waals surface area (Å²) >= 11 is 0. The lowest BCUT2D eigenvalue weighted by Gasteiger charge is -2.72. The van der Waals surface area contributed by atoms with Crippen molar-refractivity contribution in [3.63, 3.8) is 0 Å². The minimum atomic E-state index is -1.68. The van der Waals surface area contributed by atoms with E-state index in [2.05, 4.69) is 40.7 Å². The predicted octanol–water partition coefficient (Wildman–Crippen LogP) is 1.76. The molecule has 6 fully saturated rings. The van der Waals surface area contributed by atoms with Crippen molar-refractivity contribution in [3.8, 4) is 0 Å². The third-order valence-electron chi connectivity index (χ3n) is 16.1. The second kappa shape index (κ2) is 15.1. The van der Waals surface area contributed by atoms with Crippen molar-refractivity contribution in [2.75, 3.05) is 13.2 Å². The number of hydrogen-bond acceptors (Lipinski definition) is 13. The Hall–Kier alpha value is -0.780. The van der Waals surface area contributed by atoms with Crippen LogP contribution < -0.4 is 0 Å². The quantitative estimate of drug-likeness (QED) is 0.121. The number of aliphatic hydroxyl groups is 9. The van der Waals surface area contributed by atoms with Crippen LogP contribution in [0.15, 0.2) is 11.6 Å². The van der Waals surface area contributed by atoms with E-state index in [1.165, 1.54) is 5.57 Å². The number of hydrogen-bond donors (Lipinski definition) is 9. The van der Waals surface area contributed by atoms with Gasteiger partial charge >= 0.3 is 0 Å². The second-order valence-corrected chi connectivity index (χ2v) is 19.8. The standard InChI is InChI=1S/C41H70O13/c1-20(2)10-9-13-41(8,50)21-11-15-39(6)28(21)22(43)16-26-38(5)14-12-27(45)37(3,4)34(38)24(17-40(26,39)7)52-36-33(31(48)30(47)25(18-42)53-36)54-35-32(49)29(46)23(44)19-51-35/h10,21-36,42-50H,9,11-19H2,1-8H3/t21-,22-,23+,24+,25+,26?,27+,28+,29-,30+,31-,32+,33+,34?,35-,36+,38+,39-,40+,41+/m0/s1. The lowest BCUT2D eigenvalue weighted by Crippen LogP contribution is -2.71. The highest BCUT2D eigenvalue weighted by molar-refractivity contribution is 5.22. The van der Waals surface area contributed by atoms with Gasteiger partial charge in [-0.1, -0.05) is 46.3 Å². The van der Waals surface area contributed by atoms with Gasteiger partial charge in [0.1, 0.15) is 42.7 Å². The Labute approximate surface area is 320 Å². The second-order valence-electron chi connectivity index (χ2n) is 19.8. The van der Waals surface area contributed by atoms with Crippen LogP contribution in [0, 0.1) is 45.3 Å². The van der Waals surface area contributed by atoms with Crippen LogP contribution in [-0.2, 0) is 18.9 Å². The summed E-state index contributed by atoms with van der Waals surface area (Å²) in [6, 6.07) is 0. The van der Waals surface area contributed by atoms with Crippen molar-refractivity contribution in [1.29, 1.82) is 0 Å². The van der Waals surface area contributed by atoms with Gasteiger partial charge in [0, 0.05) is 0 Å². The fourth-order valence-electron chi connectivity index (χ4n) is 13.1. The molecule has 0 radical (unpaired) electrons. The summed E-state index contributed by atoms with van der Waals surface area (Å²) in [6.07, 6.45) is -7.90. The Bertz CT molecular complexity index is 1350. The van der Waals surface area contributed by atoms with Gasteiger partial charge in [0.15, 0.2) is 12.6 Å². The average Bonchev–Trinajstić information content (AvgIpc) is 3.48. The largest absolute Gasteiger partial charge is 0.394 e. The van der Waals surface area contributed by atoms with E-state index in [1.54, 1.807) is 0 Å². The van der Waals surface area contributed by atoms with Gasteiger partial charge < -0.3 is 64.9 Å². The van der Waals surface area contributed by atoms with Crippen LogP contribution in [0.3, 0.4) is 0 Å². The molecule has 312 valence electrons. The highest BCUT2D eigenvalue weighted by Gasteiger charge is 2.73. The molecule has 0 aromatic carbocycles. The third kappa shape index (κ3) is 6.86. The smallest absolute Gasteiger partial charge is 0.187 e. The number of ether oxygens (including phenoxy) is 4. The Balaban J connectivity index is 1.38. The zero-order chi connectivity index (χ0) is 39.9. The molecular weight excluding hydrogens is 700 g/mol. The molecule has 2 saturated heterocycles. The zero-order valence-electron chi connectivity index (χ0n) is 33.5. The SMILES string of the molecule is CC(C)=CCC[C@@](C)(O)[C@H]1CC[C@@]2(C)[C@H]1[C@@H](O)CC1[C@@]3(C)CC[C@@H](O)C(C)(C)C3[C@H](O[C@@H]3O[C@H](CO)[C@@H](O)[C@H](O)[C@H]3O[C@@H]3OC[C@@H](O)[C@H](O)[C@H]3O)C[C@]12C. The summed E-state index contributed by atoms with van der Waals surface area (Å²) in [5.74, 6) is -0.513. The predicted molar refractivity (Wildman–Crippen MR) is 196 cm³/mol. The molecule has 0 bridgehead atoms. The van der Waals surface area contributed by atoms with Crippen molar-refractivity contribution in [2.24, 2.45) is 45.3 Å². The molecule has 0 aromatic rings. The minimum absolute atomic E-state index is 0.0443. The number of allylic oxidation sites excluding steroid dienone is 2. The maximum Gasteiger partial charge on any atom is 0.187 e. The third-order valence-corrected chi connectivity index (χ3v) is 16.1. The van der Waals surface area contributed by atoms with E-state index in [9.17, 15) is 46.0 Å². The Kier molecular flexibility index (Phi) is 12.0. The van der Waals surface area contributed by atoms with Gasteiger partial charge in [-0.3, -0.25) is 0 Å². The topological polar surface area (TPSA) is 219 Å². The summed E-state index contributed by atoms with van der Waals surface area (Å²) in [5.41, 5.74) is -1.69. The molecule has 4 aliphatic carbocycles. The molecule has 9 N–H and O–H groups in total. The van der Waals surface area contributed by atoms with Gasteiger partial charge in [-0.25, -0.2) is 0 Å². The van der Waals surface area contributed by atoms with Crippen molar-refractivity contribution < 1.29 is 64.9 Å². The van der Waals surface area contributed by atoms with Crippen LogP contribution in [0.1, 0.15) is 107 Å². The fourth-order valence-corrected chi connectivity index (χ4v) is 13.1. The van der Waals surface area contributed by atoms with Crippen molar-refractivity contribution in [1.82, 2.24) is 0 Å². The lowest BCUT2D eigenvalue weighted by molar-refractivity contribution is -0.377. The van der Waals surface area contributed by atoms with E-state index in [4.69, 9.17) is 18.9 Å². The van der Waals surface area contributed by atoms with E-state index < -0.39 is 107 Å². The molecular formula is C41H70O13. The van der Waals surface area contributed by atoms with Crippen molar-refractivity contribution in [2.45, 2.75) is 186 Å². The van der Waals surface area contributed by atoms with Crippen LogP contribution in [-0.4, -0.2) is 138 Å². The molecule has 13 nitrogen and oxygen atoms in total. The first kappa shape index (κ1) is 42.8. The van der Waals surface area contributed by atoms with E-state index in [0.717, 1.165) is 19.3 Å². The molecule has 0 spiro atoms. The monoisotopic (exact) mass is 770 g/mol. The van der Waals surface area contributed by atoms with Gasteiger partial charge in [0.2, 0.25) is 0 Å². The maximum atomic E-state index is 12.2. The molecule has 20 atom stereocenters. The number of fused-ring (bicyclic) bond motifs is 5.